The summed E-state index contributed by atoms with van der Waals surface area (Å²) in [5.41, 5.74) is 0.915. The zero-order valence-corrected chi connectivity index (χ0v) is 39.3. The number of hydrogen-bond acceptors (Lipinski definition) is 12. The summed E-state index contributed by atoms with van der Waals surface area (Å²) in [6, 6.07) is 7.52. The Bertz CT molecular complexity index is 2450. The summed E-state index contributed by atoms with van der Waals surface area (Å²) in [6.07, 6.45) is 3.09. The predicted molar refractivity (Wildman–Crippen MR) is 244 cm³/mol. The van der Waals surface area contributed by atoms with Crippen LogP contribution < -0.4 is 14.8 Å². The highest BCUT2D eigenvalue weighted by Gasteiger charge is 2.66. The largest absolute Gasteiger partial charge is 0.495 e. The van der Waals surface area contributed by atoms with Crippen molar-refractivity contribution in [2.24, 2.45) is 11.8 Å². The van der Waals surface area contributed by atoms with Gasteiger partial charge in [0.1, 0.15) is 46.1 Å². The first-order chi connectivity index (χ1) is 31.2. The molecule has 2 aliphatic carbocycles. The van der Waals surface area contributed by atoms with Crippen molar-refractivity contribution in [3.63, 3.8) is 0 Å². The number of methoxy groups -OCH3 is 1. The molecule has 2 saturated carbocycles. The highest BCUT2D eigenvalue weighted by molar-refractivity contribution is 7.59. The average molecular weight is 957 g/mol. The van der Waals surface area contributed by atoms with Crippen LogP contribution in [0.5, 0.6) is 11.5 Å². The highest BCUT2D eigenvalue weighted by atomic mass is 35.5. The molecule has 4 fully saturated rings. The van der Waals surface area contributed by atoms with Gasteiger partial charge in [0.15, 0.2) is 10.9 Å². The van der Waals surface area contributed by atoms with Gasteiger partial charge in [0.2, 0.25) is 13.3 Å². The number of fused-ring (bicyclic) bond motifs is 3. The van der Waals surface area contributed by atoms with Crippen LogP contribution in [0.1, 0.15) is 96.5 Å². The standard InChI is InChI=1S/C47H56ClF2N4O9PS/c1-27(2)51-46-53-37(26-65-46)36-21-41(32-15-16-40(60-3)43(48)44(32)52-36)62-31-20-38-39(55)23-47(64(58,59)25-33-34(49)13-6-14-35(33)50)22-29(47)10-8-18-61-17-7-9-28(45(57)54(38)24-31)19-42(56)63-30-11-4-5-12-30/h6,13-16,21,26-31,38H,4-5,7-12,17-20,22-25H2,1-3H3,(H,51,53)(H,58,59)/t28-,29+,31-,38+,47-/m1/s1. The number of esters is 1. The molecule has 8 rings (SSSR count). The number of carbonyl (C=O) groups is 3. The molecule has 13 nitrogen and oxygen atoms in total. The number of ether oxygens (including phenoxy) is 4. The van der Waals surface area contributed by atoms with Gasteiger partial charge >= 0.3 is 5.97 Å². The molecule has 2 N–H and O–H groups in total. The molecule has 350 valence electrons. The number of rotatable bonds is 12. The molecule has 0 bridgehead atoms. The lowest BCUT2D eigenvalue weighted by Gasteiger charge is -2.30. The second kappa shape index (κ2) is 19.9. The van der Waals surface area contributed by atoms with Gasteiger partial charge in [-0.3, -0.25) is 18.9 Å². The lowest BCUT2D eigenvalue weighted by atomic mass is 9.96. The molecular weight excluding hydrogens is 901 g/mol. The fourth-order valence-corrected chi connectivity index (χ4v) is 13.6. The first-order valence-electron chi connectivity index (χ1n) is 22.6. The zero-order valence-electron chi connectivity index (χ0n) is 36.9. The summed E-state index contributed by atoms with van der Waals surface area (Å²) in [5.74, 6) is -3.74. The van der Waals surface area contributed by atoms with E-state index < -0.39 is 83.9 Å². The summed E-state index contributed by atoms with van der Waals surface area (Å²) in [4.78, 5) is 66.3. The Morgan fingerprint density at radius 1 is 1.03 bits per heavy atom. The summed E-state index contributed by atoms with van der Waals surface area (Å²) >= 11 is 8.29. The lowest BCUT2D eigenvalue weighted by molar-refractivity contribution is -0.154. The van der Waals surface area contributed by atoms with E-state index in [0.717, 1.165) is 37.8 Å². The second-order valence-electron chi connectivity index (χ2n) is 18.2. The molecule has 65 heavy (non-hydrogen) atoms. The number of carbonyl (C=O) groups excluding carboxylic acids is 3. The maximum Gasteiger partial charge on any atom is 0.306 e. The van der Waals surface area contributed by atoms with Crippen LogP contribution >= 0.6 is 30.3 Å². The quantitative estimate of drug-likeness (QED) is 0.102. The van der Waals surface area contributed by atoms with Gasteiger partial charge in [-0.05, 0) is 102 Å². The number of amides is 1. The first-order valence-corrected chi connectivity index (χ1v) is 25.7. The number of thiazole rings is 1. The van der Waals surface area contributed by atoms with E-state index in [1.54, 1.807) is 18.2 Å². The number of hydrogen-bond donors (Lipinski definition) is 2. The van der Waals surface area contributed by atoms with Crippen molar-refractivity contribution in [3.05, 3.63) is 64.0 Å². The number of halogens is 3. The minimum Gasteiger partial charge on any atom is -0.495 e. The maximum atomic E-state index is 15.0. The van der Waals surface area contributed by atoms with Gasteiger partial charge in [0.05, 0.1) is 48.6 Å². The van der Waals surface area contributed by atoms with Gasteiger partial charge in [0, 0.05) is 60.4 Å². The third-order valence-electron chi connectivity index (χ3n) is 13.3. The number of anilines is 1. The van der Waals surface area contributed by atoms with Gasteiger partial charge in [-0.15, -0.1) is 11.3 Å². The van der Waals surface area contributed by atoms with E-state index in [0.29, 0.717) is 77.8 Å². The molecule has 0 radical (unpaired) electrons. The van der Waals surface area contributed by atoms with Crippen molar-refractivity contribution in [2.45, 2.75) is 127 Å². The average Bonchev–Trinajstić information content (AvgIpc) is 3.68. The number of pyridine rings is 1. The highest BCUT2D eigenvalue weighted by Crippen LogP contribution is 2.75. The van der Waals surface area contributed by atoms with E-state index in [1.807, 2.05) is 19.2 Å². The molecule has 4 aliphatic rings. The van der Waals surface area contributed by atoms with Crippen LogP contribution in [-0.2, 0) is 34.6 Å². The number of ketones is 1. The van der Waals surface area contributed by atoms with E-state index >= 15 is 0 Å². The number of aromatic nitrogens is 2. The number of nitrogens with zero attached hydrogens (tertiary/aromatic N) is 3. The molecule has 6 atom stereocenters. The Kier molecular flexibility index (Phi) is 14.5. The summed E-state index contributed by atoms with van der Waals surface area (Å²) in [6.45, 7) is 4.63. The third-order valence-corrected chi connectivity index (χ3v) is 17.3. The van der Waals surface area contributed by atoms with Crippen LogP contribution in [0.3, 0.4) is 0 Å². The van der Waals surface area contributed by atoms with Gasteiger partial charge in [-0.2, -0.15) is 0 Å². The third kappa shape index (κ3) is 10.4. The number of nitrogens with one attached hydrogen (secondary N) is 1. The molecule has 1 amide bonds. The molecular formula is C47H56ClF2N4O9PS. The van der Waals surface area contributed by atoms with Gasteiger partial charge in [-0.1, -0.05) is 17.7 Å². The minimum atomic E-state index is -4.48. The van der Waals surface area contributed by atoms with Gasteiger partial charge in [0.25, 0.3) is 0 Å². The second-order valence-corrected chi connectivity index (χ2v) is 22.1. The molecule has 4 aromatic rings. The molecule has 0 spiro atoms. The predicted octanol–water partition coefficient (Wildman–Crippen LogP) is 9.74. The Balaban J connectivity index is 1.14. The number of benzene rings is 2. The van der Waals surface area contributed by atoms with Gasteiger partial charge < -0.3 is 34.1 Å². The number of Topliss-reactive ketones (excluding diaryl/α,β-unsaturated/α-hetero) is 1. The molecule has 1 unspecified atom stereocenters. The van der Waals surface area contributed by atoms with E-state index in [9.17, 15) is 32.6 Å². The normalized spacial score (nSPS) is 25.4. The summed E-state index contributed by atoms with van der Waals surface area (Å²) in [5, 5.41) is 5.20. The van der Waals surface area contributed by atoms with Crippen molar-refractivity contribution >= 4 is 64.0 Å². The molecule has 18 heteroatoms. The van der Waals surface area contributed by atoms with Crippen molar-refractivity contribution in [1.29, 1.82) is 0 Å². The van der Waals surface area contributed by atoms with Crippen LogP contribution in [-0.4, -0.2) is 93.7 Å². The lowest BCUT2D eigenvalue weighted by Crippen LogP contribution is -2.45. The van der Waals surface area contributed by atoms with E-state index in [-0.39, 0.29) is 43.0 Å². The molecule has 2 aliphatic heterocycles. The van der Waals surface area contributed by atoms with Crippen LogP contribution in [0.4, 0.5) is 13.9 Å². The molecule has 2 aromatic carbocycles. The van der Waals surface area contributed by atoms with E-state index in [2.05, 4.69) is 5.32 Å². The molecule has 2 aromatic heterocycles. The van der Waals surface area contributed by atoms with Crippen LogP contribution in [0.15, 0.2) is 41.8 Å². The fraction of sp³-hybridized carbons (Fsp3) is 0.553. The van der Waals surface area contributed by atoms with E-state index in [4.69, 9.17) is 40.5 Å². The van der Waals surface area contributed by atoms with Crippen LogP contribution in [0.25, 0.3) is 22.3 Å². The summed E-state index contributed by atoms with van der Waals surface area (Å²) in [7, 11) is -2.97. The smallest absolute Gasteiger partial charge is 0.306 e. The fourth-order valence-electron chi connectivity index (χ4n) is 9.85. The van der Waals surface area contributed by atoms with Crippen LogP contribution in [0.2, 0.25) is 5.02 Å². The van der Waals surface area contributed by atoms with Crippen LogP contribution in [0, 0.1) is 23.5 Å². The minimum absolute atomic E-state index is 0.0214. The Hall–Kier alpha value is -4.21. The SMILES string of the molecule is COc1ccc2c(O[C@@H]3C[C@H]4C(=O)C[C@]5(P(=O)(O)Cc6c(F)cccc6F)C[C@@H]5CCCOCCC[C@H](CC(=O)OC5CCCC5)C(=O)N4C3)cc(-c3csc(NC(C)C)n3)nc2c1Cl. The van der Waals surface area contributed by atoms with E-state index in [1.165, 1.54) is 29.4 Å². The van der Waals surface area contributed by atoms with Crippen molar-refractivity contribution in [1.82, 2.24) is 14.9 Å². The zero-order chi connectivity index (χ0) is 46.0. The maximum absolute atomic E-state index is 15.0. The molecule has 4 heterocycles. The first kappa shape index (κ1) is 47.3. The monoisotopic (exact) mass is 956 g/mol. The van der Waals surface area contributed by atoms with Crippen molar-refractivity contribution < 1.29 is 51.6 Å². The molecule has 2 saturated heterocycles. The Morgan fingerprint density at radius 3 is 2.49 bits per heavy atom. The Morgan fingerprint density at radius 2 is 1.77 bits per heavy atom. The topological polar surface area (TPSA) is 166 Å². The van der Waals surface area contributed by atoms with Gasteiger partial charge in [-0.25, -0.2) is 18.7 Å². The van der Waals surface area contributed by atoms with Crippen molar-refractivity contribution in [2.75, 3.05) is 32.2 Å². The Labute approximate surface area is 386 Å². The summed E-state index contributed by atoms with van der Waals surface area (Å²) < 4.78 is 68.6. The van der Waals surface area contributed by atoms with Crippen molar-refractivity contribution in [3.8, 4) is 22.9 Å².